The Morgan fingerprint density at radius 3 is 2.32 bits per heavy atom. The maximum atomic E-state index is 11.8. The number of carbonyl (C=O) groups is 1. The van der Waals surface area contributed by atoms with Crippen LogP contribution in [0, 0.1) is 0 Å². The Balaban J connectivity index is 2.76. The van der Waals surface area contributed by atoms with E-state index in [1.165, 1.54) is 0 Å². The van der Waals surface area contributed by atoms with Gasteiger partial charge in [-0.1, -0.05) is 41.7 Å². The van der Waals surface area contributed by atoms with E-state index in [4.69, 9.17) is 39.5 Å². The molecular formula is C12H21Cl3N2O2. The van der Waals surface area contributed by atoms with Crippen LogP contribution in [0.5, 0.6) is 0 Å². The van der Waals surface area contributed by atoms with Gasteiger partial charge < -0.3 is 10.1 Å². The number of rotatable bonds is 4. The Morgan fingerprint density at radius 1 is 1.37 bits per heavy atom. The quantitative estimate of drug-likeness (QED) is 0.805. The molecule has 7 heteroatoms. The summed E-state index contributed by atoms with van der Waals surface area (Å²) in [5.74, 6) is -0.106. The molecule has 0 aliphatic carbocycles. The molecular weight excluding hydrogens is 311 g/mol. The molecule has 1 aliphatic rings. The van der Waals surface area contributed by atoms with Gasteiger partial charge >= 0.3 is 0 Å². The fraction of sp³-hybridized carbons (Fsp3) is 0.917. The van der Waals surface area contributed by atoms with Gasteiger partial charge in [0, 0.05) is 19.5 Å². The molecule has 1 N–H and O–H groups in total. The van der Waals surface area contributed by atoms with Gasteiger partial charge in [0.15, 0.2) is 0 Å². The average molecular weight is 332 g/mol. The van der Waals surface area contributed by atoms with Gasteiger partial charge in [0.1, 0.15) is 6.17 Å². The molecule has 0 bridgehead atoms. The fourth-order valence-corrected chi connectivity index (χ4v) is 2.84. The van der Waals surface area contributed by atoms with E-state index in [1.807, 2.05) is 25.7 Å². The van der Waals surface area contributed by atoms with Crippen LogP contribution in [0.3, 0.4) is 0 Å². The van der Waals surface area contributed by atoms with Crippen molar-refractivity contribution >= 4 is 40.7 Å². The third-order valence-corrected chi connectivity index (χ3v) is 3.52. The Hall–Kier alpha value is 0.260. The number of hydrogen-bond acceptors (Lipinski definition) is 3. The van der Waals surface area contributed by atoms with E-state index in [0.717, 1.165) is 6.42 Å². The molecule has 1 rings (SSSR count). The van der Waals surface area contributed by atoms with E-state index in [1.54, 1.807) is 0 Å². The van der Waals surface area contributed by atoms with Crippen LogP contribution in [0.1, 0.15) is 33.6 Å². The van der Waals surface area contributed by atoms with Crippen molar-refractivity contribution in [1.29, 1.82) is 0 Å². The van der Waals surface area contributed by atoms with Crippen LogP contribution in [0.25, 0.3) is 0 Å². The molecule has 0 unspecified atom stereocenters. The molecule has 3 atom stereocenters. The highest BCUT2D eigenvalue weighted by molar-refractivity contribution is 6.68. The summed E-state index contributed by atoms with van der Waals surface area (Å²) in [6.45, 7) is 7.10. The molecule has 1 heterocycles. The molecule has 1 saturated heterocycles. The minimum atomic E-state index is -1.57. The maximum Gasteiger partial charge on any atom is 0.223 e. The number of carbonyl (C=O) groups excluding carboxylic acids is 1. The number of morpholine rings is 1. The van der Waals surface area contributed by atoms with Gasteiger partial charge in [0.2, 0.25) is 9.70 Å². The average Bonchev–Trinajstić information content (AvgIpc) is 2.23. The molecule has 0 aromatic heterocycles. The topological polar surface area (TPSA) is 41.6 Å². The minimum absolute atomic E-state index is 0.0432. The van der Waals surface area contributed by atoms with Crippen molar-refractivity contribution in [2.45, 2.75) is 55.8 Å². The SMILES string of the molecule is CCCC(=O)N[C@H](N1C[C@H](C)O[C@@H](C)C1)C(Cl)(Cl)Cl. The second kappa shape index (κ2) is 7.32. The van der Waals surface area contributed by atoms with Crippen LogP contribution in [0.2, 0.25) is 0 Å². The highest BCUT2D eigenvalue weighted by Gasteiger charge is 2.40. The number of nitrogens with zero attached hydrogens (tertiary/aromatic N) is 1. The molecule has 0 aromatic rings. The van der Waals surface area contributed by atoms with E-state index in [-0.39, 0.29) is 18.1 Å². The molecule has 0 saturated carbocycles. The predicted molar refractivity (Wildman–Crippen MR) is 78.7 cm³/mol. The lowest BCUT2D eigenvalue weighted by Gasteiger charge is -2.42. The molecule has 0 spiro atoms. The standard InChI is InChI=1S/C12H21Cl3N2O2/c1-4-5-10(18)16-11(12(13,14)15)17-6-8(2)19-9(3)7-17/h8-9,11H,4-7H2,1-3H3,(H,16,18)/t8-,9-,11+/m0/s1. The van der Waals surface area contributed by atoms with E-state index < -0.39 is 9.96 Å². The number of alkyl halides is 3. The zero-order chi connectivity index (χ0) is 14.6. The van der Waals surface area contributed by atoms with Gasteiger partial charge in [-0.15, -0.1) is 0 Å². The van der Waals surface area contributed by atoms with Crippen molar-refractivity contribution in [1.82, 2.24) is 10.2 Å². The third kappa shape index (κ3) is 5.64. The Bertz CT molecular complexity index is 300. The lowest BCUT2D eigenvalue weighted by molar-refractivity contribution is -0.126. The summed E-state index contributed by atoms with van der Waals surface area (Å²) in [6, 6.07) is 0. The van der Waals surface area contributed by atoms with Crippen molar-refractivity contribution in [3.8, 4) is 0 Å². The van der Waals surface area contributed by atoms with Crippen molar-refractivity contribution in [2.75, 3.05) is 13.1 Å². The van der Waals surface area contributed by atoms with Crippen LogP contribution >= 0.6 is 34.8 Å². The number of amides is 1. The highest BCUT2D eigenvalue weighted by Crippen LogP contribution is 2.33. The third-order valence-electron chi connectivity index (χ3n) is 2.90. The summed E-state index contributed by atoms with van der Waals surface area (Å²) in [7, 11) is 0. The molecule has 1 fully saturated rings. The van der Waals surface area contributed by atoms with E-state index in [0.29, 0.717) is 19.5 Å². The van der Waals surface area contributed by atoms with Crippen LogP contribution < -0.4 is 5.32 Å². The normalized spacial score (nSPS) is 27.1. The molecule has 19 heavy (non-hydrogen) atoms. The molecule has 0 radical (unpaired) electrons. The molecule has 0 aromatic carbocycles. The Kier molecular flexibility index (Phi) is 6.67. The molecule has 1 aliphatic heterocycles. The zero-order valence-corrected chi connectivity index (χ0v) is 13.7. The van der Waals surface area contributed by atoms with Gasteiger partial charge in [-0.2, -0.15) is 0 Å². The summed E-state index contributed by atoms with van der Waals surface area (Å²) in [5.41, 5.74) is 0. The predicted octanol–water partition coefficient (Wildman–Crippen LogP) is 2.71. The first-order valence-electron chi connectivity index (χ1n) is 6.49. The van der Waals surface area contributed by atoms with Crippen LogP contribution in [-0.4, -0.2) is 46.1 Å². The number of halogens is 3. The number of hydrogen-bond donors (Lipinski definition) is 1. The first kappa shape index (κ1) is 17.3. The first-order chi connectivity index (χ1) is 8.74. The fourth-order valence-electron chi connectivity index (χ4n) is 2.26. The summed E-state index contributed by atoms with van der Waals surface area (Å²) in [5, 5.41) is 2.80. The number of nitrogens with one attached hydrogen (secondary N) is 1. The van der Waals surface area contributed by atoms with Crippen LogP contribution in [0.4, 0.5) is 0 Å². The largest absolute Gasteiger partial charge is 0.373 e. The summed E-state index contributed by atoms with van der Waals surface area (Å²) in [4.78, 5) is 13.7. The van der Waals surface area contributed by atoms with Gasteiger partial charge in [-0.05, 0) is 20.3 Å². The second-order valence-corrected chi connectivity index (χ2v) is 7.34. The molecule has 112 valence electrons. The van der Waals surface area contributed by atoms with Crippen LogP contribution in [0.15, 0.2) is 0 Å². The van der Waals surface area contributed by atoms with E-state index in [9.17, 15) is 4.79 Å². The Morgan fingerprint density at radius 2 is 1.89 bits per heavy atom. The van der Waals surface area contributed by atoms with Crippen molar-refractivity contribution in [2.24, 2.45) is 0 Å². The van der Waals surface area contributed by atoms with E-state index >= 15 is 0 Å². The molecule has 1 amide bonds. The summed E-state index contributed by atoms with van der Waals surface area (Å²) in [6.07, 6.45) is 0.634. The van der Waals surface area contributed by atoms with Crippen molar-refractivity contribution in [3.63, 3.8) is 0 Å². The number of ether oxygens (including phenoxy) is 1. The minimum Gasteiger partial charge on any atom is -0.373 e. The van der Waals surface area contributed by atoms with E-state index in [2.05, 4.69) is 5.32 Å². The zero-order valence-electron chi connectivity index (χ0n) is 11.5. The summed E-state index contributed by atoms with van der Waals surface area (Å²) < 4.78 is 4.08. The van der Waals surface area contributed by atoms with Gasteiger partial charge in [0.25, 0.3) is 0 Å². The molecule has 4 nitrogen and oxygen atoms in total. The smallest absolute Gasteiger partial charge is 0.223 e. The second-order valence-electron chi connectivity index (χ2n) is 4.97. The Labute approximate surface area is 129 Å². The van der Waals surface area contributed by atoms with Gasteiger partial charge in [-0.25, -0.2) is 0 Å². The summed E-state index contributed by atoms with van der Waals surface area (Å²) >= 11 is 18.0. The first-order valence-corrected chi connectivity index (χ1v) is 7.63. The van der Waals surface area contributed by atoms with Crippen LogP contribution in [-0.2, 0) is 9.53 Å². The van der Waals surface area contributed by atoms with Crippen molar-refractivity contribution < 1.29 is 9.53 Å². The highest BCUT2D eigenvalue weighted by atomic mass is 35.6. The van der Waals surface area contributed by atoms with Crippen molar-refractivity contribution in [3.05, 3.63) is 0 Å². The lowest BCUT2D eigenvalue weighted by Crippen LogP contribution is -2.60. The van der Waals surface area contributed by atoms with Gasteiger partial charge in [-0.3, -0.25) is 9.69 Å². The lowest BCUT2D eigenvalue weighted by atomic mass is 10.2. The van der Waals surface area contributed by atoms with Gasteiger partial charge in [0.05, 0.1) is 12.2 Å². The monoisotopic (exact) mass is 330 g/mol. The maximum absolute atomic E-state index is 11.8.